The number of sulfonamides is 1. The summed E-state index contributed by atoms with van der Waals surface area (Å²) in [4.78, 5) is 17.3. The first-order chi connectivity index (χ1) is 15.7. The van der Waals surface area contributed by atoms with E-state index in [2.05, 4.69) is 10.3 Å². The molecule has 0 saturated carbocycles. The molecule has 3 rings (SSSR count). The molecule has 0 fully saturated rings. The summed E-state index contributed by atoms with van der Waals surface area (Å²) in [5.41, 5.74) is 1.83. The number of hydrogen-bond acceptors (Lipinski definition) is 4. The largest absolute Gasteiger partial charge is 0.328 e. The lowest BCUT2D eigenvalue weighted by Crippen LogP contribution is -2.30. The molecule has 178 valence electrons. The number of carbonyl (C=O) groups excluding carboxylic acids is 1. The van der Waals surface area contributed by atoms with Crippen molar-refractivity contribution in [2.24, 2.45) is 0 Å². The number of amides is 1. The van der Waals surface area contributed by atoms with Gasteiger partial charge in [-0.15, -0.1) is 0 Å². The third kappa shape index (κ3) is 5.54. The molecule has 0 aliphatic heterocycles. The predicted octanol–water partition coefficient (Wildman–Crippen LogP) is 4.84. The number of fused-ring (bicyclic) bond motifs is 1. The van der Waals surface area contributed by atoms with Crippen LogP contribution in [0.5, 0.6) is 0 Å². The molecule has 0 radical (unpaired) electrons. The van der Waals surface area contributed by atoms with Crippen LogP contribution in [0.25, 0.3) is 11.0 Å². The molecule has 0 unspecified atom stereocenters. The summed E-state index contributed by atoms with van der Waals surface area (Å²) in [6, 6.07) is 8.99. The molecule has 1 N–H and O–H groups in total. The first-order valence-electron chi connectivity index (χ1n) is 10.9. The van der Waals surface area contributed by atoms with Crippen molar-refractivity contribution in [3.8, 4) is 0 Å². The number of aryl methyl sites for hydroxylation is 2. The molecule has 1 aromatic heterocycles. The molecular weight excluding hydrogens is 467 g/mol. The van der Waals surface area contributed by atoms with Gasteiger partial charge in [0.25, 0.3) is 0 Å². The van der Waals surface area contributed by atoms with Gasteiger partial charge >= 0.3 is 0 Å². The van der Waals surface area contributed by atoms with Crippen LogP contribution in [0.1, 0.15) is 39.4 Å². The summed E-state index contributed by atoms with van der Waals surface area (Å²) < 4.78 is 42.5. The molecule has 0 saturated heterocycles. The molecule has 0 bridgehead atoms. The zero-order chi connectivity index (χ0) is 24.2. The first-order valence-corrected chi connectivity index (χ1v) is 12.8. The second-order valence-electron chi connectivity index (χ2n) is 7.60. The average molecular weight is 495 g/mol. The summed E-state index contributed by atoms with van der Waals surface area (Å²) in [5.74, 6) is -0.0977. The van der Waals surface area contributed by atoms with Crippen molar-refractivity contribution in [1.82, 2.24) is 13.9 Å². The molecule has 2 aromatic carbocycles. The van der Waals surface area contributed by atoms with Gasteiger partial charge in [-0.2, -0.15) is 4.31 Å². The molecular formula is C23H28ClFN4O3S. The van der Waals surface area contributed by atoms with E-state index in [0.29, 0.717) is 43.1 Å². The third-order valence-electron chi connectivity index (χ3n) is 5.37. The minimum absolute atomic E-state index is 0.0620. The fourth-order valence-electron chi connectivity index (χ4n) is 3.72. The summed E-state index contributed by atoms with van der Waals surface area (Å²) in [5, 5.41) is 2.65. The lowest BCUT2D eigenvalue weighted by atomic mass is 10.2. The molecule has 3 aromatic rings. The van der Waals surface area contributed by atoms with Gasteiger partial charge in [-0.1, -0.05) is 32.4 Å². The van der Waals surface area contributed by atoms with Gasteiger partial charge < -0.3 is 9.88 Å². The highest BCUT2D eigenvalue weighted by molar-refractivity contribution is 7.89. The van der Waals surface area contributed by atoms with E-state index >= 15 is 0 Å². The van der Waals surface area contributed by atoms with Gasteiger partial charge in [0.2, 0.25) is 15.9 Å². The number of hydrogen-bond donors (Lipinski definition) is 1. The van der Waals surface area contributed by atoms with E-state index in [9.17, 15) is 17.6 Å². The van der Waals surface area contributed by atoms with E-state index < -0.39 is 15.8 Å². The van der Waals surface area contributed by atoms with Crippen molar-refractivity contribution >= 4 is 44.3 Å². The highest BCUT2D eigenvalue weighted by Gasteiger charge is 2.23. The normalized spacial score (nSPS) is 11.9. The molecule has 0 aliphatic carbocycles. The number of halogens is 2. The van der Waals surface area contributed by atoms with Crippen LogP contribution < -0.4 is 5.32 Å². The number of nitrogens with zero attached hydrogens (tertiary/aromatic N) is 3. The van der Waals surface area contributed by atoms with Crippen LogP contribution in [0.2, 0.25) is 5.02 Å². The average Bonchev–Trinajstić information content (AvgIpc) is 3.12. The maximum atomic E-state index is 13.3. The minimum atomic E-state index is -3.59. The van der Waals surface area contributed by atoms with Crippen molar-refractivity contribution in [1.29, 1.82) is 0 Å². The number of anilines is 1. The Hall–Kier alpha value is -2.49. The third-order valence-corrected chi connectivity index (χ3v) is 7.70. The molecule has 0 aliphatic rings. The van der Waals surface area contributed by atoms with Crippen LogP contribution in [-0.4, -0.2) is 41.3 Å². The zero-order valence-corrected chi connectivity index (χ0v) is 20.5. The Balaban J connectivity index is 1.83. The standard InChI is InChI=1S/C23H28ClFN4O3S/c1-4-13-29-21-10-8-17(33(31,32)28(5-2)6-3)15-20(21)27-22(29)11-12-23(30)26-16-7-9-19(25)18(24)14-16/h7-10,14-15H,4-6,11-13H2,1-3H3,(H,26,30). The number of imidazole rings is 1. The number of rotatable bonds is 10. The van der Waals surface area contributed by atoms with Gasteiger partial charge in [0.05, 0.1) is 21.0 Å². The zero-order valence-electron chi connectivity index (χ0n) is 18.9. The fraction of sp³-hybridized carbons (Fsp3) is 0.391. The van der Waals surface area contributed by atoms with Crippen molar-refractivity contribution in [3.05, 3.63) is 53.1 Å². The van der Waals surface area contributed by atoms with Gasteiger partial charge in [-0.05, 0) is 42.8 Å². The highest BCUT2D eigenvalue weighted by Crippen LogP contribution is 2.24. The Kier molecular flexibility index (Phi) is 8.10. The van der Waals surface area contributed by atoms with Gasteiger partial charge in [-0.25, -0.2) is 17.8 Å². The molecule has 0 atom stereocenters. The van der Waals surface area contributed by atoms with E-state index in [0.717, 1.165) is 11.9 Å². The molecule has 7 nitrogen and oxygen atoms in total. The van der Waals surface area contributed by atoms with Crippen LogP contribution in [-0.2, 0) is 27.8 Å². The molecule has 33 heavy (non-hydrogen) atoms. The Morgan fingerprint density at radius 1 is 1.15 bits per heavy atom. The quantitative estimate of drug-likeness (QED) is 0.437. The Labute approximate surface area is 198 Å². The smallest absolute Gasteiger partial charge is 0.243 e. The maximum Gasteiger partial charge on any atom is 0.243 e. The van der Waals surface area contributed by atoms with Crippen molar-refractivity contribution in [2.45, 2.75) is 51.5 Å². The Bertz CT molecular complexity index is 1260. The molecule has 10 heteroatoms. The van der Waals surface area contributed by atoms with Crippen molar-refractivity contribution in [3.63, 3.8) is 0 Å². The predicted molar refractivity (Wildman–Crippen MR) is 128 cm³/mol. The molecule has 1 heterocycles. The number of aromatic nitrogens is 2. The Morgan fingerprint density at radius 2 is 1.88 bits per heavy atom. The highest BCUT2D eigenvalue weighted by atomic mass is 35.5. The van der Waals surface area contributed by atoms with E-state index in [1.807, 2.05) is 11.5 Å². The summed E-state index contributed by atoms with van der Waals surface area (Å²) >= 11 is 5.77. The lowest BCUT2D eigenvalue weighted by molar-refractivity contribution is -0.116. The maximum absolute atomic E-state index is 13.3. The summed E-state index contributed by atoms with van der Waals surface area (Å²) in [6.07, 6.45) is 1.39. The van der Waals surface area contributed by atoms with Gasteiger partial charge in [0.15, 0.2) is 0 Å². The van der Waals surface area contributed by atoms with Gasteiger partial charge in [-0.3, -0.25) is 4.79 Å². The van der Waals surface area contributed by atoms with E-state index in [4.69, 9.17) is 11.6 Å². The van der Waals surface area contributed by atoms with E-state index in [1.54, 1.807) is 32.0 Å². The summed E-state index contributed by atoms with van der Waals surface area (Å²) in [7, 11) is -3.59. The number of nitrogens with one attached hydrogen (secondary N) is 1. The van der Waals surface area contributed by atoms with Crippen LogP contribution in [0.15, 0.2) is 41.3 Å². The Morgan fingerprint density at radius 3 is 2.52 bits per heavy atom. The van der Waals surface area contributed by atoms with Crippen LogP contribution >= 0.6 is 11.6 Å². The van der Waals surface area contributed by atoms with Crippen molar-refractivity contribution < 1.29 is 17.6 Å². The minimum Gasteiger partial charge on any atom is -0.328 e. The van der Waals surface area contributed by atoms with Crippen LogP contribution in [0.3, 0.4) is 0 Å². The lowest BCUT2D eigenvalue weighted by Gasteiger charge is -2.18. The summed E-state index contributed by atoms with van der Waals surface area (Å²) in [6.45, 7) is 7.13. The van der Waals surface area contributed by atoms with Crippen LogP contribution in [0, 0.1) is 5.82 Å². The van der Waals surface area contributed by atoms with Gasteiger partial charge in [0.1, 0.15) is 11.6 Å². The number of benzene rings is 2. The molecule has 0 spiro atoms. The van der Waals surface area contributed by atoms with E-state index in [1.165, 1.54) is 22.5 Å². The number of carbonyl (C=O) groups is 1. The molecule has 1 amide bonds. The second-order valence-corrected chi connectivity index (χ2v) is 9.94. The van der Waals surface area contributed by atoms with E-state index in [-0.39, 0.29) is 22.2 Å². The fourth-order valence-corrected chi connectivity index (χ4v) is 5.38. The second kappa shape index (κ2) is 10.6. The topological polar surface area (TPSA) is 84.3 Å². The first kappa shape index (κ1) is 25.1. The van der Waals surface area contributed by atoms with Crippen LogP contribution in [0.4, 0.5) is 10.1 Å². The van der Waals surface area contributed by atoms with Gasteiger partial charge in [0, 0.05) is 38.2 Å². The van der Waals surface area contributed by atoms with Crippen molar-refractivity contribution in [2.75, 3.05) is 18.4 Å². The monoisotopic (exact) mass is 494 g/mol. The SMILES string of the molecule is CCCn1c(CCC(=O)Nc2ccc(F)c(Cl)c2)nc2cc(S(=O)(=O)N(CC)CC)ccc21.